The molecule has 0 amide bonds. The Morgan fingerprint density at radius 2 is 1.44 bits per heavy atom. The van der Waals surface area contributed by atoms with Crippen molar-refractivity contribution in [2.75, 3.05) is 0 Å². The summed E-state index contributed by atoms with van der Waals surface area (Å²) in [4.78, 5) is 24.1. The summed E-state index contributed by atoms with van der Waals surface area (Å²) >= 11 is 0. The molecule has 0 radical (unpaired) electrons. The van der Waals surface area contributed by atoms with Crippen LogP contribution in [-0.4, -0.2) is 11.8 Å². The average molecular weight is 328 g/mol. The number of benzene rings is 3. The Labute approximate surface area is 146 Å². The van der Waals surface area contributed by atoms with Crippen LogP contribution in [0.3, 0.4) is 0 Å². The van der Waals surface area contributed by atoms with E-state index >= 15 is 0 Å². The lowest BCUT2D eigenvalue weighted by Crippen LogP contribution is -2.04. The molecule has 0 spiro atoms. The van der Waals surface area contributed by atoms with E-state index in [1.54, 1.807) is 24.3 Å². The first kappa shape index (κ1) is 16.4. The third kappa shape index (κ3) is 3.72. The predicted octanol–water partition coefficient (Wildman–Crippen LogP) is 4.68. The lowest BCUT2D eigenvalue weighted by atomic mass is 9.94. The largest absolute Gasteiger partial charge is 0.423 e. The van der Waals surface area contributed by atoms with Crippen LogP contribution in [0.2, 0.25) is 0 Å². The number of hydrogen-bond donors (Lipinski definition) is 0. The van der Waals surface area contributed by atoms with Crippen LogP contribution < -0.4 is 4.74 Å². The summed E-state index contributed by atoms with van der Waals surface area (Å²) in [6.07, 6.45) is 1.11. The number of hydrogen-bond acceptors (Lipinski definition) is 3. The molecule has 3 aromatic rings. The van der Waals surface area contributed by atoms with Crippen molar-refractivity contribution >= 4 is 11.8 Å². The fraction of sp³-hybridized carbons (Fsp3) is 0. The highest BCUT2D eigenvalue weighted by molar-refractivity contribution is 6.12. The second kappa shape index (κ2) is 7.41. The van der Waals surface area contributed by atoms with Gasteiger partial charge in [-0.25, -0.2) is 4.79 Å². The fourth-order valence-corrected chi connectivity index (χ4v) is 2.54. The Bertz CT molecular complexity index is 910. The van der Waals surface area contributed by atoms with E-state index in [1.165, 1.54) is 0 Å². The quantitative estimate of drug-likeness (QED) is 0.296. The Balaban J connectivity index is 1.94. The van der Waals surface area contributed by atoms with E-state index in [1.807, 2.05) is 54.6 Å². The highest BCUT2D eigenvalue weighted by Crippen LogP contribution is 2.27. The molecule has 0 saturated carbocycles. The van der Waals surface area contributed by atoms with Crippen LogP contribution in [0.4, 0.5) is 0 Å². The smallest absolute Gasteiger partial charge is 0.335 e. The summed E-state index contributed by atoms with van der Waals surface area (Å²) in [6.45, 7) is 3.37. The van der Waals surface area contributed by atoms with Crippen molar-refractivity contribution in [2.24, 2.45) is 0 Å². The second-order valence-corrected chi connectivity index (χ2v) is 5.39. The molecule has 0 atom stereocenters. The molecule has 0 N–H and O–H groups in total. The SMILES string of the molecule is C=CC(=O)Oc1ccc(-c2ccccc2C(=O)c2ccccc2)cc1. The topological polar surface area (TPSA) is 43.4 Å². The van der Waals surface area contributed by atoms with Gasteiger partial charge in [0.2, 0.25) is 0 Å². The van der Waals surface area contributed by atoms with Gasteiger partial charge in [0.25, 0.3) is 0 Å². The van der Waals surface area contributed by atoms with Gasteiger partial charge < -0.3 is 4.74 Å². The maximum Gasteiger partial charge on any atom is 0.335 e. The second-order valence-electron chi connectivity index (χ2n) is 5.39. The Morgan fingerprint density at radius 3 is 2.12 bits per heavy atom. The third-order valence-corrected chi connectivity index (χ3v) is 3.76. The summed E-state index contributed by atoms with van der Waals surface area (Å²) in [5, 5.41) is 0. The molecule has 0 aliphatic heterocycles. The van der Waals surface area contributed by atoms with Crippen LogP contribution >= 0.6 is 0 Å². The van der Waals surface area contributed by atoms with Crippen LogP contribution in [0.15, 0.2) is 91.5 Å². The number of ether oxygens (including phenoxy) is 1. The lowest BCUT2D eigenvalue weighted by molar-refractivity contribution is -0.128. The monoisotopic (exact) mass is 328 g/mol. The van der Waals surface area contributed by atoms with Gasteiger partial charge >= 0.3 is 5.97 Å². The summed E-state index contributed by atoms with van der Waals surface area (Å²) in [6, 6.07) is 23.7. The van der Waals surface area contributed by atoms with Crippen molar-refractivity contribution in [3.63, 3.8) is 0 Å². The predicted molar refractivity (Wildman–Crippen MR) is 97.6 cm³/mol. The van der Waals surface area contributed by atoms with Gasteiger partial charge in [-0.15, -0.1) is 0 Å². The number of esters is 1. The van der Waals surface area contributed by atoms with Crippen molar-refractivity contribution in [3.05, 3.63) is 103 Å². The fourth-order valence-electron chi connectivity index (χ4n) is 2.54. The van der Waals surface area contributed by atoms with Crippen molar-refractivity contribution in [3.8, 4) is 16.9 Å². The zero-order valence-corrected chi connectivity index (χ0v) is 13.5. The molecule has 0 saturated heterocycles. The van der Waals surface area contributed by atoms with Crippen molar-refractivity contribution < 1.29 is 14.3 Å². The average Bonchev–Trinajstić information content (AvgIpc) is 2.68. The van der Waals surface area contributed by atoms with E-state index in [0.717, 1.165) is 17.2 Å². The van der Waals surface area contributed by atoms with Gasteiger partial charge in [-0.1, -0.05) is 73.3 Å². The lowest BCUT2D eigenvalue weighted by Gasteiger charge is -2.10. The zero-order chi connectivity index (χ0) is 17.6. The highest BCUT2D eigenvalue weighted by atomic mass is 16.5. The summed E-state index contributed by atoms with van der Waals surface area (Å²) < 4.78 is 5.08. The molecular weight excluding hydrogens is 312 g/mol. The van der Waals surface area contributed by atoms with Crippen LogP contribution in [0, 0.1) is 0 Å². The van der Waals surface area contributed by atoms with Gasteiger partial charge in [0, 0.05) is 17.2 Å². The molecule has 0 heterocycles. The van der Waals surface area contributed by atoms with Gasteiger partial charge in [-0.3, -0.25) is 4.79 Å². The first-order valence-corrected chi connectivity index (χ1v) is 7.82. The van der Waals surface area contributed by atoms with Gasteiger partial charge in [0.15, 0.2) is 5.78 Å². The van der Waals surface area contributed by atoms with E-state index in [4.69, 9.17) is 4.74 Å². The summed E-state index contributed by atoms with van der Waals surface area (Å²) in [7, 11) is 0. The maximum absolute atomic E-state index is 12.8. The number of carbonyl (C=O) groups excluding carboxylic acids is 2. The molecule has 0 aliphatic rings. The van der Waals surface area contributed by atoms with E-state index in [0.29, 0.717) is 16.9 Å². The van der Waals surface area contributed by atoms with Gasteiger partial charge in [0.05, 0.1) is 0 Å². The van der Waals surface area contributed by atoms with Crippen LogP contribution in [0.1, 0.15) is 15.9 Å². The van der Waals surface area contributed by atoms with Crippen LogP contribution in [0.5, 0.6) is 5.75 Å². The number of rotatable bonds is 5. The molecule has 0 aromatic heterocycles. The van der Waals surface area contributed by atoms with Crippen molar-refractivity contribution in [2.45, 2.75) is 0 Å². The molecule has 0 aliphatic carbocycles. The minimum absolute atomic E-state index is 0.0293. The molecular formula is C22H16O3. The van der Waals surface area contributed by atoms with Gasteiger partial charge in [-0.05, 0) is 23.3 Å². The molecule has 25 heavy (non-hydrogen) atoms. The Morgan fingerprint density at radius 1 is 0.800 bits per heavy atom. The number of ketones is 1. The van der Waals surface area contributed by atoms with Gasteiger partial charge in [0.1, 0.15) is 5.75 Å². The first-order chi connectivity index (χ1) is 12.2. The van der Waals surface area contributed by atoms with E-state index in [9.17, 15) is 9.59 Å². The maximum atomic E-state index is 12.8. The van der Waals surface area contributed by atoms with E-state index in [2.05, 4.69) is 6.58 Å². The molecule has 3 heteroatoms. The molecule has 3 aromatic carbocycles. The molecule has 3 nitrogen and oxygen atoms in total. The van der Waals surface area contributed by atoms with E-state index in [-0.39, 0.29) is 5.78 Å². The molecule has 0 fully saturated rings. The third-order valence-electron chi connectivity index (χ3n) is 3.76. The van der Waals surface area contributed by atoms with Crippen LogP contribution in [0.25, 0.3) is 11.1 Å². The standard InChI is InChI=1S/C22H16O3/c1-2-21(23)25-18-14-12-16(13-15-18)19-10-6-7-11-20(19)22(24)17-8-4-3-5-9-17/h2-15H,1H2. The Hall–Kier alpha value is -3.46. The van der Waals surface area contributed by atoms with Gasteiger partial charge in [-0.2, -0.15) is 0 Å². The van der Waals surface area contributed by atoms with Crippen LogP contribution in [-0.2, 0) is 4.79 Å². The normalized spacial score (nSPS) is 10.1. The molecule has 122 valence electrons. The minimum Gasteiger partial charge on any atom is -0.423 e. The van der Waals surface area contributed by atoms with E-state index < -0.39 is 5.97 Å². The molecule has 3 rings (SSSR count). The molecule has 0 unspecified atom stereocenters. The van der Waals surface area contributed by atoms with Crippen molar-refractivity contribution in [1.82, 2.24) is 0 Å². The molecule has 0 bridgehead atoms. The highest BCUT2D eigenvalue weighted by Gasteiger charge is 2.14. The minimum atomic E-state index is -0.507. The zero-order valence-electron chi connectivity index (χ0n) is 13.5. The first-order valence-electron chi connectivity index (χ1n) is 7.82. The summed E-state index contributed by atoms with van der Waals surface area (Å²) in [5.74, 6) is -0.105. The Kier molecular flexibility index (Phi) is 4.86. The van der Waals surface area contributed by atoms with Crippen molar-refractivity contribution in [1.29, 1.82) is 0 Å². The summed E-state index contributed by atoms with van der Waals surface area (Å²) in [5.41, 5.74) is 2.98. The number of carbonyl (C=O) groups is 2.